The summed E-state index contributed by atoms with van der Waals surface area (Å²) in [5.74, 6) is 1.94. The summed E-state index contributed by atoms with van der Waals surface area (Å²) >= 11 is 1.68. The zero-order chi connectivity index (χ0) is 14.2. The van der Waals surface area contributed by atoms with Gasteiger partial charge in [0.1, 0.15) is 5.01 Å². The molecule has 3 heterocycles. The van der Waals surface area contributed by atoms with Crippen LogP contribution in [0.15, 0.2) is 0 Å². The van der Waals surface area contributed by atoms with Crippen LogP contribution in [0.3, 0.4) is 0 Å². The molecule has 2 fully saturated rings. The maximum absolute atomic E-state index is 6.11. The SMILES string of the molecule is NC1CCCC(c2nn3c(C4CCOCC4)nnc3s2)C1. The molecule has 2 unspecified atom stereocenters. The van der Waals surface area contributed by atoms with Crippen LogP contribution < -0.4 is 5.73 Å². The number of hydrogen-bond donors (Lipinski definition) is 1. The third-order valence-electron chi connectivity index (χ3n) is 4.68. The van der Waals surface area contributed by atoms with Gasteiger partial charge < -0.3 is 10.5 Å². The normalized spacial score (nSPS) is 28.2. The summed E-state index contributed by atoms with van der Waals surface area (Å²) in [6, 6.07) is 0.327. The van der Waals surface area contributed by atoms with E-state index in [0.717, 1.165) is 49.7 Å². The molecule has 1 aliphatic carbocycles. The van der Waals surface area contributed by atoms with Gasteiger partial charge in [0.2, 0.25) is 4.96 Å². The Morgan fingerprint density at radius 1 is 1.10 bits per heavy atom. The number of nitrogens with zero attached hydrogens (tertiary/aromatic N) is 4. The molecule has 7 heteroatoms. The van der Waals surface area contributed by atoms with E-state index >= 15 is 0 Å². The Balaban J connectivity index is 1.62. The summed E-state index contributed by atoms with van der Waals surface area (Å²) in [5, 5.41) is 14.7. The number of hydrogen-bond acceptors (Lipinski definition) is 6. The summed E-state index contributed by atoms with van der Waals surface area (Å²) in [5.41, 5.74) is 6.11. The van der Waals surface area contributed by atoms with Gasteiger partial charge in [0, 0.05) is 31.1 Å². The lowest BCUT2D eigenvalue weighted by atomic mass is 9.87. The Morgan fingerprint density at radius 2 is 1.95 bits per heavy atom. The van der Waals surface area contributed by atoms with Gasteiger partial charge in [0.05, 0.1) is 0 Å². The largest absolute Gasteiger partial charge is 0.381 e. The Hall–Kier alpha value is -1.05. The van der Waals surface area contributed by atoms with Crippen LogP contribution in [-0.2, 0) is 4.74 Å². The van der Waals surface area contributed by atoms with Crippen LogP contribution in [0.5, 0.6) is 0 Å². The molecule has 0 aromatic carbocycles. The molecule has 1 saturated carbocycles. The van der Waals surface area contributed by atoms with E-state index in [4.69, 9.17) is 15.6 Å². The highest BCUT2D eigenvalue weighted by molar-refractivity contribution is 7.16. The first-order valence-corrected chi connectivity index (χ1v) is 8.68. The minimum absolute atomic E-state index is 0.327. The van der Waals surface area contributed by atoms with Crippen LogP contribution in [0.25, 0.3) is 4.96 Å². The summed E-state index contributed by atoms with van der Waals surface area (Å²) in [4.78, 5) is 0.922. The van der Waals surface area contributed by atoms with Crippen molar-refractivity contribution < 1.29 is 4.74 Å². The Labute approximate surface area is 127 Å². The monoisotopic (exact) mass is 307 g/mol. The molecular formula is C14H21N5OS. The fraction of sp³-hybridized carbons (Fsp3) is 0.786. The lowest BCUT2D eigenvalue weighted by Crippen LogP contribution is -2.26. The summed E-state index contributed by atoms with van der Waals surface area (Å²) in [6.07, 6.45) is 6.64. The van der Waals surface area contributed by atoms with E-state index in [-0.39, 0.29) is 0 Å². The van der Waals surface area contributed by atoms with Gasteiger partial charge in [-0.05, 0) is 32.1 Å². The van der Waals surface area contributed by atoms with E-state index in [1.165, 1.54) is 17.8 Å². The van der Waals surface area contributed by atoms with Crippen LogP contribution in [0.1, 0.15) is 61.2 Å². The highest BCUT2D eigenvalue weighted by Crippen LogP contribution is 2.35. The van der Waals surface area contributed by atoms with Gasteiger partial charge in [-0.3, -0.25) is 0 Å². The quantitative estimate of drug-likeness (QED) is 0.919. The zero-order valence-electron chi connectivity index (χ0n) is 12.1. The van der Waals surface area contributed by atoms with Crippen LogP contribution in [0.2, 0.25) is 0 Å². The minimum atomic E-state index is 0.327. The minimum Gasteiger partial charge on any atom is -0.381 e. The van der Waals surface area contributed by atoms with E-state index in [9.17, 15) is 0 Å². The third kappa shape index (κ3) is 2.58. The molecule has 0 radical (unpaired) electrons. The number of aromatic nitrogens is 4. The van der Waals surface area contributed by atoms with Gasteiger partial charge in [0.25, 0.3) is 0 Å². The summed E-state index contributed by atoms with van der Waals surface area (Å²) in [6.45, 7) is 1.63. The van der Waals surface area contributed by atoms with Gasteiger partial charge in [0.15, 0.2) is 5.82 Å². The summed E-state index contributed by atoms with van der Waals surface area (Å²) in [7, 11) is 0. The van der Waals surface area contributed by atoms with Crippen LogP contribution >= 0.6 is 11.3 Å². The Bertz CT molecular complexity index is 618. The van der Waals surface area contributed by atoms with E-state index in [0.29, 0.717) is 17.9 Å². The van der Waals surface area contributed by atoms with Crippen molar-refractivity contribution >= 4 is 16.3 Å². The molecule has 2 aliphatic rings. The Morgan fingerprint density at radius 3 is 2.76 bits per heavy atom. The average Bonchev–Trinajstić information content (AvgIpc) is 3.08. The fourth-order valence-electron chi connectivity index (χ4n) is 3.47. The lowest BCUT2D eigenvalue weighted by Gasteiger charge is -2.24. The van der Waals surface area contributed by atoms with Crippen molar-refractivity contribution in [3.05, 3.63) is 10.8 Å². The topological polar surface area (TPSA) is 78.3 Å². The number of fused-ring (bicyclic) bond motifs is 1. The molecule has 2 aromatic rings. The van der Waals surface area contributed by atoms with Gasteiger partial charge in [-0.2, -0.15) is 9.61 Å². The fourth-order valence-corrected chi connectivity index (χ4v) is 4.47. The Kier molecular flexibility index (Phi) is 3.64. The second-order valence-corrected chi connectivity index (χ2v) is 7.19. The van der Waals surface area contributed by atoms with Crippen molar-refractivity contribution in [1.29, 1.82) is 0 Å². The average molecular weight is 307 g/mol. The maximum atomic E-state index is 6.11. The third-order valence-corrected chi connectivity index (χ3v) is 5.74. The molecule has 1 aliphatic heterocycles. The molecule has 21 heavy (non-hydrogen) atoms. The van der Waals surface area contributed by atoms with Gasteiger partial charge >= 0.3 is 0 Å². The second kappa shape index (κ2) is 5.62. The highest BCUT2D eigenvalue weighted by Gasteiger charge is 2.27. The highest BCUT2D eigenvalue weighted by atomic mass is 32.1. The predicted molar refractivity (Wildman–Crippen MR) is 80.6 cm³/mol. The molecule has 4 rings (SSSR count). The molecule has 0 bridgehead atoms. The van der Waals surface area contributed by atoms with Gasteiger partial charge in [-0.15, -0.1) is 10.2 Å². The maximum Gasteiger partial charge on any atom is 0.234 e. The van der Waals surface area contributed by atoms with E-state index in [1.807, 2.05) is 4.52 Å². The van der Waals surface area contributed by atoms with Crippen molar-refractivity contribution in [2.45, 2.75) is 56.4 Å². The number of rotatable bonds is 2. The van der Waals surface area contributed by atoms with Gasteiger partial charge in [-0.1, -0.05) is 17.8 Å². The van der Waals surface area contributed by atoms with Crippen LogP contribution in [0, 0.1) is 0 Å². The lowest BCUT2D eigenvalue weighted by molar-refractivity contribution is 0.0831. The van der Waals surface area contributed by atoms with E-state index < -0.39 is 0 Å². The van der Waals surface area contributed by atoms with Crippen molar-refractivity contribution in [3.63, 3.8) is 0 Å². The van der Waals surface area contributed by atoms with Gasteiger partial charge in [-0.25, -0.2) is 0 Å². The number of nitrogens with two attached hydrogens (primary N) is 1. The first-order valence-electron chi connectivity index (χ1n) is 7.86. The van der Waals surface area contributed by atoms with Crippen molar-refractivity contribution in [1.82, 2.24) is 19.8 Å². The van der Waals surface area contributed by atoms with E-state index in [2.05, 4.69) is 10.2 Å². The molecular weight excluding hydrogens is 286 g/mol. The molecule has 0 amide bonds. The second-order valence-electron chi connectivity index (χ2n) is 6.20. The molecule has 1 saturated heterocycles. The van der Waals surface area contributed by atoms with Crippen LogP contribution in [0.4, 0.5) is 0 Å². The molecule has 6 nitrogen and oxygen atoms in total. The molecule has 2 atom stereocenters. The molecule has 2 N–H and O–H groups in total. The van der Waals surface area contributed by atoms with Crippen LogP contribution in [-0.4, -0.2) is 39.1 Å². The molecule has 0 spiro atoms. The standard InChI is InChI=1S/C14H21N5OS/c15-11-3-1-2-10(8-11)13-18-19-12(16-17-14(19)21-13)9-4-6-20-7-5-9/h9-11H,1-8,15H2. The zero-order valence-corrected chi connectivity index (χ0v) is 12.9. The molecule has 2 aromatic heterocycles. The first-order chi connectivity index (χ1) is 10.3. The number of ether oxygens (including phenoxy) is 1. The predicted octanol–water partition coefficient (Wildman–Crippen LogP) is 2.06. The van der Waals surface area contributed by atoms with Crippen molar-refractivity contribution in [3.8, 4) is 0 Å². The molecule has 114 valence electrons. The van der Waals surface area contributed by atoms with Crippen molar-refractivity contribution in [2.75, 3.05) is 13.2 Å². The smallest absolute Gasteiger partial charge is 0.234 e. The van der Waals surface area contributed by atoms with Crippen molar-refractivity contribution in [2.24, 2.45) is 5.73 Å². The summed E-state index contributed by atoms with van der Waals surface area (Å²) < 4.78 is 7.40. The van der Waals surface area contributed by atoms with E-state index in [1.54, 1.807) is 11.3 Å². The first kappa shape index (κ1) is 13.6.